The first-order valence-corrected chi connectivity index (χ1v) is 7.38. The lowest BCUT2D eigenvalue weighted by Crippen LogP contribution is -2.11. The molecule has 0 bridgehead atoms. The van der Waals surface area contributed by atoms with Crippen LogP contribution in [-0.2, 0) is 13.1 Å². The maximum absolute atomic E-state index is 6.10. The first kappa shape index (κ1) is 14.4. The quantitative estimate of drug-likeness (QED) is 0.887. The van der Waals surface area contributed by atoms with Gasteiger partial charge in [-0.3, -0.25) is 0 Å². The molecule has 0 saturated carbocycles. The zero-order valence-corrected chi connectivity index (χ0v) is 13.0. The van der Waals surface area contributed by atoms with Crippen LogP contribution in [0.5, 0.6) is 5.75 Å². The molecule has 1 N–H and O–H groups in total. The summed E-state index contributed by atoms with van der Waals surface area (Å²) in [6, 6.07) is 8.12. The van der Waals surface area contributed by atoms with Gasteiger partial charge in [0.25, 0.3) is 0 Å². The molecule has 0 aliphatic carbocycles. The van der Waals surface area contributed by atoms with Gasteiger partial charge in [0.1, 0.15) is 5.75 Å². The molecule has 0 aliphatic rings. The zero-order valence-electron chi connectivity index (χ0n) is 11.4. The van der Waals surface area contributed by atoms with Gasteiger partial charge in [-0.05, 0) is 43.2 Å². The molecule has 4 heteroatoms. The van der Waals surface area contributed by atoms with Crippen LogP contribution in [-0.4, -0.2) is 7.11 Å². The number of benzene rings is 1. The van der Waals surface area contributed by atoms with Gasteiger partial charge in [0.2, 0.25) is 0 Å². The number of thiophene rings is 1. The van der Waals surface area contributed by atoms with Crippen LogP contribution in [0, 0.1) is 13.8 Å². The molecule has 0 fully saturated rings. The smallest absolute Gasteiger partial charge is 0.137 e. The molecule has 0 saturated heterocycles. The molecule has 0 radical (unpaired) electrons. The molecule has 19 heavy (non-hydrogen) atoms. The summed E-state index contributed by atoms with van der Waals surface area (Å²) in [5.41, 5.74) is 2.53. The lowest BCUT2D eigenvalue weighted by molar-refractivity contribution is 0.415. The Balaban J connectivity index is 1.90. The van der Waals surface area contributed by atoms with Gasteiger partial charge < -0.3 is 10.1 Å². The van der Waals surface area contributed by atoms with E-state index in [0.29, 0.717) is 5.02 Å². The SMILES string of the molecule is COc1ccc(CNCc2cc(C)c(C)s2)cc1Cl. The van der Waals surface area contributed by atoms with Crippen LogP contribution in [0.25, 0.3) is 0 Å². The summed E-state index contributed by atoms with van der Waals surface area (Å²) in [4.78, 5) is 2.76. The summed E-state index contributed by atoms with van der Waals surface area (Å²) < 4.78 is 5.14. The van der Waals surface area contributed by atoms with E-state index in [4.69, 9.17) is 16.3 Å². The van der Waals surface area contributed by atoms with Crippen LogP contribution in [0.3, 0.4) is 0 Å². The van der Waals surface area contributed by atoms with Gasteiger partial charge in [0.05, 0.1) is 12.1 Å². The van der Waals surface area contributed by atoms with Crippen molar-refractivity contribution >= 4 is 22.9 Å². The van der Waals surface area contributed by atoms with E-state index in [-0.39, 0.29) is 0 Å². The molecule has 2 nitrogen and oxygen atoms in total. The van der Waals surface area contributed by atoms with Crippen molar-refractivity contribution in [1.29, 1.82) is 0 Å². The summed E-state index contributed by atoms with van der Waals surface area (Å²) in [5, 5.41) is 4.09. The second-order valence-corrected chi connectivity index (χ2v) is 6.27. The summed E-state index contributed by atoms with van der Waals surface area (Å²) >= 11 is 7.95. The third-order valence-corrected chi connectivity index (χ3v) is 4.51. The Bertz CT molecular complexity index is 546. The second-order valence-electron chi connectivity index (χ2n) is 4.52. The van der Waals surface area contributed by atoms with Gasteiger partial charge >= 0.3 is 0 Å². The number of ether oxygens (including phenoxy) is 1. The predicted octanol–water partition coefficient (Wildman–Crippen LogP) is 4.32. The number of hydrogen-bond donors (Lipinski definition) is 1. The number of nitrogens with one attached hydrogen (secondary N) is 1. The van der Waals surface area contributed by atoms with Crippen molar-refractivity contribution in [3.63, 3.8) is 0 Å². The number of hydrogen-bond acceptors (Lipinski definition) is 3. The van der Waals surface area contributed by atoms with Crippen molar-refractivity contribution in [3.8, 4) is 5.75 Å². The van der Waals surface area contributed by atoms with Crippen molar-refractivity contribution in [3.05, 3.63) is 50.2 Å². The molecule has 0 spiro atoms. The molecular weight excluding hydrogens is 278 g/mol. The minimum absolute atomic E-state index is 0.657. The Morgan fingerprint density at radius 1 is 1.21 bits per heavy atom. The van der Waals surface area contributed by atoms with Crippen molar-refractivity contribution in [2.75, 3.05) is 7.11 Å². The highest BCUT2D eigenvalue weighted by atomic mass is 35.5. The fourth-order valence-corrected chi connectivity index (χ4v) is 3.19. The van der Waals surface area contributed by atoms with E-state index in [1.54, 1.807) is 7.11 Å². The number of methoxy groups -OCH3 is 1. The Hall–Kier alpha value is -1.03. The van der Waals surface area contributed by atoms with Gasteiger partial charge in [0.15, 0.2) is 0 Å². The lowest BCUT2D eigenvalue weighted by atomic mass is 10.2. The average Bonchev–Trinajstić information content (AvgIpc) is 2.69. The molecular formula is C15H18ClNOS. The fraction of sp³-hybridized carbons (Fsp3) is 0.333. The Labute approximate surface area is 123 Å². The van der Waals surface area contributed by atoms with E-state index in [2.05, 4.69) is 25.2 Å². The molecule has 102 valence electrons. The molecule has 2 rings (SSSR count). The normalized spacial score (nSPS) is 10.7. The highest BCUT2D eigenvalue weighted by Crippen LogP contribution is 2.25. The summed E-state index contributed by atoms with van der Waals surface area (Å²) in [5.74, 6) is 0.718. The van der Waals surface area contributed by atoms with Crippen LogP contribution in [0.15, 0.2) is 24.3 Å². The Morgan fingerprint density at radius 2 is 2.00 bits per heavy atom. The van der Waals surface area contributed by atoms with E-state index in [9.17, 15) is 0 Å². The molecule has 1 aromatic heterocycles. The van der Waals surface area contributed by atoms with E-state index in [1.165, 1.54) is 15.3 Å². The minimum atomic E-state index is 0.657. The summed E-state index contributed by atoms with van der Waals surface area (Å²) in [6.45, 7) is 6.01. The molecule has 0 aliphatic heterocycles. The standard InChI is InChI=1S/C15H18ClNOS/c1-10-6-13(19-11(10)2)9-17-8-12-4-5-15(18-3)14(16)7-12/h4-7,17H,8-9H2,1-3H3. The maximum atomic E-state index is 6.10. The fourth-order valence-electron chi connectivity index (χ4n) is 1.89. The van der Waals surface area contributed by atoms with E-state index in [0.717, 1.165) is 24.4 Å². The van der Waals surface area contributed by atoms with Gasteiger partial charge in [-0.1, -0.05) is 17.7 Å². The van der Waals surface area contributed by atoms with Crippen molar-refractivity contribution in [2.45, 2.75) is 26.9 Å². The molecule has 0 amide bonds. The minimum Gasteiger partial charge on any atom is -0.495 e. The summed E-state index contributed by atoms with van der Waals surface area (Å²) in [7, 11) is 1.63. The van der Waals surface area contributed by atoms with Crippen LogP contribution in [0.2, 0.25) is 5.02 Å². The van der Waals surface area contributed by atoms with Crippen molar-refractivity contribution < 1.29 is 4.74 Å². The van der Waals surface area contributed by atoms with Gasteiger partial charge in [-0.25, -0.2) is 0 Å². The monoisotopic (exact) mass is 295 g/mol. The van der Waals surface area contributed by atoms with Crippen molar-refractivity contribution in [1.82, 2.24) is 5.32 Å². The Kier molecular flexibility index (Phi) is 4.86. The first-order chi connectivity index (χ1) is 9.10. The third kappa shape index (κ3) is 3.72. The second kappa shape index (κ2) is 6.42. The first-order valence-electron chi connectivity index (χ1n) is 6.19. The molecule has 0 unspecified atom stereocenters. The van der Waals surface area contributed by atoms with Gasteiger partial charge in [0, 0.05) is 22.8 Å². The molecule has 1 aromatic carbocycles. The third-order valence-electron chi connectivity index (χ3n) is 3.06. The number of rotatable bonds is 5. The average molecular weight is 296 g/mol. The molecule has 1 heterocycles. The van der Waals surface area contributed by atoms with Gasteiger partial charge in [-0.2, -0.15) is 0 Å². The highest BCUT2D eigenvalue weighted by Gasteiger charge is 2.03. The van der Waals surface area contributed by atoms with Crippen LogP contribution in [0.4, 0.5) is 0 Å². The maximum Gasteiger partial charge on any atom is 0.137 e. The summed E-state index contributed by atoms with van der Waals surface area (Å²) in [6.07, 6.45) is 0. The zero-order chi connectivity index (χ0) is 13.8. The highest BCUT2D eigenvalue weighted by molar-refractivity contribution is 7.12. The molecule has 2 aromatic rings. The van der Waals surface area contributed by atoms with E-state index in [1.807, 2.05) is 29.5 Å². The predicted molar refractivity (Wildman–Crippen MR) is 82.3 cm³/mol. The van der Waals surface area contributed by atoms with E-state index >= 15 is 0 Å². The number of halogens is 1. The Morgan fingerprint density at radius 3 is 2.58 bits per heavy atom. The lowest BCUT2D eigenvalue weighted by Gasteiger charge is -2.07. The van der Waals surface area contributed by atoms with E-state index < -0.39 is 0 Å². The van der Waals surface area contributed by atoms with Gasteiger partial charge in [-0.15, -0.1) is 11.3 Å². The van der Waals surface area contributed by atoms with Crippen LogP contribution >= 0.6 is 22.9 Å². The van der Waals surface area contributed by atoms with Crippen LogP contribution in [0.1, 0.15) is 20.9 Å². The topological polar surface area (TPSA) is 21.3 Å². The molecule has 0 atom stereocenters. The van der Waals surface area contributed by atoms with Crippen molar-refractivity contribution in [2.24, 2.45) is 0 Å². The van der Waals surface area contributed by atoms with Crippen LogP contribution < -0.4 is 10.1 Å². The number of aryl methyl sites for hydroxylation is 2. The largest absolute Gasteiger partial charge is 0.495 e.